The summed E-state index contributed by atoms with van der Waals surface area (Å²) in [7, 11) is 0. The van der Waals surface area contributed by atoms with Crippen LogP contribution in [0.2, 0.25) is 0 Å². The second kappa shape index (κ2) is 6.31. The van der Waals surface area contributed by atoms with E-state index >= 15 is 0 Å². The van der Waals surface area contributed by atoms with Crippen molar-refractivity contribution in [3.63, 3.8) is 0 Å². The Labute approximate surface area is 161 Å². The van der Waals surface area contributed by atoms with E-state index in [9.17, 15) is 4.39 Å². The molecule has 1 atom stereocenters. The average molecular weight is 371 g/mol. The first-order chi connectivity index (χ1) is 13.6. The van der Waals surface area contributed by atoms with Crippen LogP contribution in [0, 0.1) is 24.1 Å². The topological polar surface area (TPSA) is 70.3 Å². The highest BCUT2D eigenvalue weighted by molar-refractivity contribution is 5.85. The quantitative estimate of drug-likeness (QED) is 0.556. The molecular weight excluding hydrogens is 353 g/mol. The second-order valence-electron chi connectivity index (χ2n) is 7.31. The maximum atomic E-state index is 13.5. The van der Waals surface area contributed by atoms with Crippen LogP contribution in [0.1, 0.15) is 41.3 Å². The van der Waals surface area contributed by atoms with E-state index in [2.05, 4.69) is 11.1 Å². The van der Waals surface area contributed by atoms with Gasteiger partial charge in [0.25, 0.3) is 0 Å². The van der Waals surface area contributed by atoms with Gasteiger partial charge in [-0.15, -0.1) is 5.10 Å². The summed E-state index contributed by atoms with van der Waals surface area (Å²) >= 11 is 0. The van der Waals surface area contributed by atoms with Gasteiger partial charge in [-0.1, -0.05) is 6.07 Å². The monoisotopic (exact) mass is 371 g/mol. The van der Waals surface area contributed by atoms with E-state index in [0.717, 1.165) is 52.9 Å². The van der Waals surface area contributed by atoms with E-state index in [1.54, 1.807) is 12.1 Å². The SMILES string of the molecule is Cc1cc(F)ccc1C1CCCn2nc(-c3cc4cc(C#N)ccc4[nH]3)nc21. The van der Waals surface area contributed by atoms with Gasteiger partial charge in [-0.05, 0) is 67.3 Å². The summed E-state index contributed by atoms with van der Waals surface area (Å²) in [5.41, 5.74) is 4.46. The van der Waals surface area contributed by atoms with Crippen LogP contribution in [-0.2, 0) is 6.54 Å². The fraction of sp³-hybridized carbons (Fsp3) is 0.227. The minimum absolute atomic E-state index is 0.116. The molecule has 0 radical (unpaired) electrons. The number of H-pyrrole nitrogens is 1. The molecule has 0 amide bonds. The molecule has 0 spiro atoms. The molecule has 5 nitrogen and oxygen atoms in total. The number of nitrogens with one attached hydrogen (secondary N) is 1. The van der Waals surface area contributed by atoms with Crippen molar-refractivity contribution < 1.29 is 4.39 Å². The van der Waals surface area contributed by atoms with Gasteiger partial charge in [0.15, 0.2) is 5.82 Å². The summed E-state index contributed by atoms with van der Waals surface area (Å²) < 4.78 is 15.5. The van der Waals surface area contributed by atoms with Gasteiger partial charge in [-0.3, -0.25) is 0 Å². The van der Waals surface area contributed by atoms with Gasteiger partial charge in [-0.25, -0.2) is 14.1 Å². The molecule has 0 fully saturated rings. The molecule has 4 aromatic rings. The molecule has 1 aliphatic rings. The molecule has 2 aromatic heterocycles. The number of aromatic nitrogens is 4. The molecule has 0 aliphatic carbocycles. The lowest BCUT2D eigenvalue weighted by molar-refractivity contribution is 0.445. The predicted molar refractivity (Wildman–Crippen MR) is 104 cm³/mol. The first-order valence-corrected chi connectivity index (χ1v) is 9.36. The average Bonchev–Trinajstić information content (AvgIpc) is 3.31. The third-order valence-corrected chi connectivity index (χ3v) is 5.47. The van der Waals surface area contributed by atoms with Crippen LogP contribution in [-0.4, -0.2) is 19.7 Å². The van der Waals surface area contributed by atoms with Crippen molar-refractivity contribution in [1.82, 2.24) is 19.7 Å². The first kappa shape index (κ1) is 16.7. The normalized spacial score (nSPS) is 16.1. The molecule has 6 heteroatoms. The van der Waals surface area contributed by atoms with E-state index < -0.39 is 0 Å². The maximum absolute atomic E-state index is 13.5. The van der Waals surface area contributed by atoms with Crippen molar-refractivity contribution >= 4 is 10.9 Å². The number of benzene rings is 2. The minimum Gasteiger partial charge on any atom is -0.352 e. The number of aryl methyl sites for hydroxylation is 2. The van der Waals surface area contributed by atoms with Crippen molar-refractivity contribution in [3.8, 4) is 17.6 Å². The standard InChI is InChI=1S/C22H18FN5/c1-13-9-16(23)5-6-17(13)18-3-2-8-28-22(18)26-21(27-28)20-11-15-10-14(12-24)4-7-19(15)25-20/h4-7,9-11,18,25H,2-3,8H2,1H3. The number of hydrogen-bond donors (Lipinski definition) is 1. The molecular formula is C22H18FN5. The molecule has 5 rings (SSSR count). The largest absolute Gasteiger partial charge is 0.352 e. The van der Waals surface area contributed by atoms with Crippen LogP contribution in [0.3, 0.4) is 0 Å². The van der Waals surface area contributed by atoms with Crippen LogP contribution in [0.15, 0.2) is 42.5 Å². The van der Waals surface area contributed by atoms with Gasteiger partial charge in [0.05, 0.1) is 17.3 Å². The van der Waals surface area contributed by atoms with Crippen LogP contribution in [0.5, 0.6) is 0 Å². The number of nitrogens with zero attached hydrogens (tertiary/aromatic N) is 4. The van der Waals surface area contributed by atoms with Crippen LogP contribution in [0.25, 0.3) is 22.4 Å². The molecule has 28 heavy (non-hydrogen) atoms. The summed E-state index contributed by atoms with van der Waals surface area (Å²) in [5.74, 6) is 1.47. The lowest BCUT2D eigenvalue weighted by Crippen LogP contribution is -2.18. The van der Waals surface area contributed by atoms with E-state index in [4.69, 9.17) is 15.3 Å². The predicted octanol–water partition coefficient (Wildman–Crippen LogP) is 4.67. The second-order valence-corrected chi connectivity index (χ2v) is 7.31. The molecule has 0 saturated heterocycles. The summed E-state index contributed by atoms with van der Waals surface area (Å²) in [6.45, 7) is 2.77. The van der Waals surface area contributed by atoms with Gasteiger partial charge in [0, 0.05) is 23.4 Å². The smallest absolute Gasteiger partial charge is 0.197 e. The van der Waals surface area contributed by atoms with Crippen LogP contribution in [0.4, 0.5) is 4.39 Å². The Bertz CT molecular complexity index is 1240. The maximum Gasteiger partial charge on any atom is 0.197 e. The molecule has 3 heterocycles. The Kier molecular flexibility index (Phi) is 3.76. The number of fused-ring (bicyclic) bond motifs is 2. The van der Waals surface area contributed by atoms with Crippen molar-refractivity contribution in [2.24, 2.45) is 0 Å². The molecule has 0 saturated carbocycles. The summed E-state index contributed by atoms with van der Waals surface area (Å²) in [6.07, 6.45) is 1.98. The minimum atomic E-state index is -0.214. The number of halogens is 1. The number of aromatic amines is 1. The summed E-state index contributed by atoms with van der Waals surface area (Å²) in [5, 5.41) is 14.8. The zero-order valence-electron chi connectivity index (χ0n) is 15.4. The Hall–Kier alpha value is -3.46. The first-order valence-electron chi connectivity index (χ1n) is 9.36. The third kappa shape index (κ3) is 2.67. The zero-order valence-corrected chi connectivity index (χ0v) is 15.4. The summed E-state index contributed by atoms with van der Waals surface area (Å²) in [4.78, 5) is 8.19. The number of rotatable bonds is 2. The highest BCUT2D eigenvalue weighted by Crippen LogP contribution is 2.35. The molecule has 138 valence electrons. The fourth-order valence-electron chi connectivity index (χ4n) is 4.11. The Morgan fingerprint density at radius 1 is 1.21 bits per heavy atom. The Morgan fingerprint density at radius 2 is 2.11 bits per heavy atom. The fourth-order valence-corrected chi connectivity index (χ4v) is 4.11. The van der Waals surface area contributed by atoms with Crippen LogP contribution >= 0.6 is 0 Å². The van der Waals surface area contributed by atoms with Crippen molar-refractivity contribution in [3.05, 3.63) is 70.8 Å². The molecule has 2 aromatic carbocycles. The number of hydrogen-bond acceptors (Lipinski definition) is 3. The van der Waals surface area contributed by atoms with E-state index in [1.165, 1.54) is 6.07 Å². The van der Waals surface area contributed by atoms with E-state index in [1.807, 2.05) is 35.9 Å². The van der Waals surface area contributed by atoms with E-state index in [0.29, 0.717) is 11.4 Å². The lowest BCUT2D eigenvalue weighted by atomic mass is 9.88. The van der Waals surface area contributed by atoms with E-state index in [-0.39, 0.29) is 11.7 Å². The van der Waals surface area contributed by atoms with Gasteiger partial charge in [0.1, 0.15) is 11.6 Å². The Balaban J connectivity index is 1.58. The van der Waals surface area contributed by atoms with Crippen molar-refractivity contribution in [1.29, 1.82) is 5.26 Å². The molecule has 1 unspecified atom stereocenters. The lowest BCUT2D eigenvalue weighted by Gasteiger charge is -2.23. The zero-order chi connectivity index (χ0) is 19.3. The Morgan fingerprint density at radius 3 is 2.93 bits per heavy atom. The van der Waals surface area contributed by atoms with Crippen LogP contribution < -0.4 is 0 Å². The summed E-state index contributed by atoms with van der Waals surface area (Å²) in [6, 6.07) is 14.7. The van der Waals surface area contributed by atoms with Crippen molar-refractivity contribution in [2.45, 2.75) is 32.2 Å². The van der Waals surface area contributed by atoms with Gasteiger partial charge >= 0.3 is 0 Å². The van der Waals surface area contributed by atoms with Gasteiger partial charge < -0.3 is 4.98 Å². The molecule has 1 N–H and O–H groups in total. The molecule has 0 bridgehead atoms. The van der Waals surface area contributed by atoms with Crippen molar-refractivity contribution in [2.75, 3.05) is 0 Å². The highest BCUT2D eigenvalue weighted by atomic mass is 19.1. The number of nitriles is 1. The third-order valence-electron chi connectivity index (χ3n) is 5.47. The molecule has 1 aliphatic heterocycles. The highest BCUT2D eigenvalue weighted by Gasteiger charge is 2.27. The van der Waals surface area contributed by atoms with Gasteiger partial charge in [-0.2, -0.15) is 5.26 Å². The van der Waals surface area contributed by atoms with Gasteiger partial charge in [0.2, 0.25) is 0 Å².